The van der Waals surface area contributed by atoms with Crippen LogP contribution >= 0.6 is 11.6 Å². The van der Waals surface area contributed by atoms with Gasteiger partial charge in [-0.2, -0.15) is 0 Å². The number of amides is 1. The Morgan fingerprint density at radius 1 is 1.13 bits per heavy atom. The molecule has 1 unspecified atom stereocenters. The first kappa shape index (κ1) is 15.9. The number of benzene rings is 2. The Morgan fingerprint density at radius 3 is 2.35 bits per heavy atom. The number of carbonyl (C=O) groups is 1. The second-order valence-corrected chi connectivity index (χ2v) is 6.39. The van der Waals surface area contributed by atoms with E-state index in [2.05, 4.69) is 5.32 Å². The maximum atomic E-state index is 13.3. The van der Waals surface area contributed by atoms with Gasteiger partial charge in [-0.1, -0.05) is 29.8 Å². The van der Waals surface area contributed by atoms with Gasteiger partial charge in [-0.05, 0) is 55.2 Å². The van der Waals surface area contributed by atoms with Crippen molar-refractivity contribution < 1.29 is 13.6 Å². The van der Waals surface area contributed by atoms with Crippen molar-refractivity contribution in [1.82, 2.24) is 5.32 Å². The molecule has 5 heteroatoms. The van der Waals surface area contributed by atoms with Gasteiger partial charge in [-0.25, -0.2) is 8.78 Å². The van der Waals surface area contributed by atoms with Gasteiger partial charge in [0, 0.05) is 5.02 Å². The first-order valence-electron chi connectivity index (χ1n) is 7.44. The van der Waals surface area contributed by atoms with Gasteiger partial charge >= 0.3 is 0 Å². The van der Waals surface area contributed by atoms with Gasteiger partial charge in [0.1, 0.15) is 0 Å². The van der Waals surface area contributed by atoms with Gasteiger partial charge in [0.15, 0.2) is 11.6 Å². The maximum Gasteiger partial charge on any atom is 0.231 e. The number of rotatable bonds is 4. The Bertz CT molecular complexity index is 741. The Kier molecular flexibility index (Phi) is 4.11. The van der Waals surface area contributed by atoms with Crippen molar-refractivity contribution >= 4 is 17.5 Å². The fourth-order valence-electron chi connectivity index (χ4n) is 2.74. The summed E-state index contributed by atoms with van der Waals surface area (Å²) in [5.41, 5.74) is 0.929. The molecule has 120 valence electrons. The lowest BCUT2D eigenvalue weighted by molar-refractivity contribution is -0.124. The summed E-state index contributed by atoms with van der Waals surface area (Å²) in [6.07, 6.45) is 1.54. The van der Waals surface area contributed by atoms with E-state index in [9.17, 15) is 13.6 Å². The second-order valence-electron chi connectivity index (χ2n) is 5.96. The highest BCUT2D eigenvalue weighted by Gasteiger charge is 2.51. The van der Waals surface area contributed by atoms with Crippen molar-refractivity contribution in [3.8, 4) is 0 Å². The quantitative estimate of drug-likeness (QED) is 0.874. The predicted octanol–water partition coefficient (Wildman–Crippen LogP) is 4.53. The van der Waals surface area contributed by atoms with Crippen LogP contribution in [0.25, 0.3) is 0 Å². The predicted molar refractivity (Wildman–Crippen MR) is 85.3 cm³/mol. The first-order chi connectivity index (χ1) is 10.9. The number of halogens is 3. The van der Waals surface area contributed by atoms with E-state index in [4.69, 9.17) is 11.6 Å². The Morgan fingerprint density at radius 2 is 1.78 bits per heavy atom. The third-order valence-electron chi connectivity index (χ3n) is 4.37. The standard InChI is InChI=1S/C18H16ClF2NO/c1-11(12-2-7-15(20)16(21)10-12)22-17(23)18(8-9-18)13-3-5-14(19)6-4-13/h2-7,10-11H,8-9H2,1H3,(H,22,23). The van der Waals surface area contributed by atoms with Crippen LogP contribution in [0.5, 0.6) is 0 Å². The number of carbonyl (C=O) groups excluding carboxylic acids is 1. The molecule has 2 nitrogen and oxygen atoms in total. The van der Waals surface area contributed by atoms with Crippen LogP contribution in [0.2, 0.25) is 5.02 Å². The van der Waals surface area contributed by atoms with Crippen molar-refractivity contribution in [2.45, 2.75) is 31.2 Å². The molecule has 0 aliphatic heterocycles. The molecule has 2 aromatic carbocycles. The minimum Gasteiger partial charge on any atom is -0.349 e. The molecule has 2 aromatic rings. The van der Waals surface area contributed by atoms with Gasteiger partial charge in [-0.3, -0.25) is 4.79 Å². The third-order valence-corrected chi connectivity index (χ3v) is 4.62. The molecular formula is C18H16ClF2NO. The summed E-state index contributed by atoms with van der Waals surface area (Å²) in [4.78, 5) is 12.6. The highest BCUT2D eigenvalue weighted by molar-refractivity contribution is 6.30. The highest BCUT2D eigenvalue weighted by Crippen LogP contribution is 2.48. The van der Waals surface area contributed by atoms with Crippen LogP contribution in [0, 0.1) is 11.6 Å². The largest absolute Gasteiger partial charge is 0.349 e. The van der Waals surface area contributed by atoms with Crippen LogP contribution < -0.4 is 5.32 Å². The number of hydrogen-bond acceptors (Lipinski definition) is 1. The van der Waals surface area contributed by atoms with Crippen LogP contribution in [-0.2, 0) is 10.2 Å². The van der Waals surface area contributed by atoms with Gasteiger partial charge in [-0.15, -0.1) is 0 Å². The molecule has 0 spiro atoms. The zero-order valence-electron chi connectivity index (χ0n) is 12.6. The molecule has 0 saturated heterocycles. The minimum absolute atomic E-state index is 0.0999. The van der Waals surface area contributed by atoms with Crippen LogP contribution in [0.15, 0.2) is 42.5 Å². The second kappa shape index (κ2) is 5.93. The summed E-state index contributed by atoms with van der Waals surface area (Å²) in [7, 11) is 0. The topological polar surface area (TPSA) is 29.1 Å². The van der Waals surface area contributed by atoms with E-state index in [-0.39, 0.29) is 5.91 Å². The number of nitrogens with one attached hydrogen (secondary N) is 1. The van der Waals surface area contributed by atoms with E-state index in [0.29, 0.717) is 10.6 Å². The van der Waals surface area contributed by atoms with Crippen molar-refractivity contribution in [1.29, 1.82) is 0 Å². The summed E-state index contributed by atoms with van der Waals surface area (Å²) in [5.74, 6) is -1.91. The monoisotopic (exact) mass is 335 g/mol. The molecule has 1 amide bonds. The minimum atomic E-state index is -0.914. The van der Waals surface area contributed by atoms with E-state index < -0.39 is 23.1 Å². The molecule has 0 bridgehead atoms. The molecule has 23 heavy (non-hydrogen) atoms. The van der Waals surface area contributed by atoms with Crippen molar-refractivity contribution in [3.63, 3.8) is 0 Å². The Hall–Kier alpha value is -1.94. The summed E-state index contributed by atoms with van der Waals surface area (Å²) >= 11 is 5.89. The fraction of sp³-hybridized carbons (Fsp3) is 0.278. The molecule has 1 N–H and O–H groups in total. The number of hydrogen-bond donors (Lipinski definition) is 1. The fourth-order valence-corrected chi connectivity index (χ4v) is 2.87. The summed E-state index contributed by atoms with van der Waals surface area (Å²) < 4.78 is 26.3. The van der Waals surface area contributed by atoms with Crippen molar-refractivity contribution in [2.24, 2.45) is 0 Å². The Balaban J connectivity index is 1.75. The van der Waals surface area contributed by atoms with Gasteiger partial charge in [0.05, 0.1) is 11.5 Å². The lowest BCUT2D eigenvalue weighted by Gasteiger charge is -2.20. The summed E-state index contributed by atoms with van der Waals surface area (Å²) in [5, 5.41) is 3.52. The van der Waals surface area contributed by atoms with E-state index in [1.54, 1.807) is 19.1 Å². The van der Waals surface area contributed by atoms with Crippen LogP contribution in [-0.4, -0.2) is 5.91 Å². The average Bonchev–Trinajstić information content (AvgIpc) is 3.32. The molecule has 1 atom stereocenters. The SMILES string of the molecule is CC(NC(=O)C1(c2ccc(Cl)cc2)CC1)c1ccc(F)c(F)c1. The smallest absolute Gasteiger partial charge is 0.231 e. The van der Waals surface area contributed by atoms with Gasteiger partial charge in [0.25, 0.3) is 0 Å². The maximum absolute atomic E-state index is 13.3. The molecular weight excluding hydrogens is 320 g/mol. The summed E-state index contributed by atoms with van der Waals surface area (Å²) in [6, 6.07) is 10.5. The molecule has 1 aliphatic carbocycles. The van der Waals surface area contributed by atoms with E-state index in [0.717, 1.165) is 30.5 Å². The van der Waals surface area contributed by atoms with Crippen LogP contribution in [0.3, 0.4) is 0 Å². The van der Waals surface area contributed by atoms with Crippen LogP contribution in [0.4, 0.5) is 8.78 Å². The first-order valence-corrected chi connectivity index (χ1v) is 7.82. The van der Waals surface area contributed by atoms with Crippen LogP contribution in [0.1, 0.15) is 36.9 Å². The third kappa shape index (κ3) is 3.08. The molecule has 3 rings (SSSR count). The molecule has 0 heterocycles. The van der Waals surface area contributed by atoms with Gasteiger partial charge in [0.2, 0.25) is 5.91 Å². The zero-order valence-corrected chi connectivity index (χ0v) is 13.3. The Labute approximate surface area is 138 Å². The highest BCUT2D eigenvalue weighted by atomic mass is 35.5. The molecule has 0 radical (unpaired) electrons. The van der Waals surface area contributed by atoms with E-state index >= 15 is 0 Å². The lowest BCUT2D eigenvalue weighted by atomic mass is 9.94. The lowest BCUT2D eigenvalue weighted by Crippen LogP contribution is -2.36. The van der Waals surface area contributed by atoms with E-state index in [1.165, 1.54) is 6.07 Å². The normalized spacial score (nSPS) is 16.7. The zero-order chi connectivity index (χ0) is 16.6. The van der Waals surface area contributed by atoms with Crippen molar-refractivity contribution in [2.75, 3.05) is 0 Å². The van der Waals surface area contributed by atoms with Gasteiger partial charge < -0.3 is 5.32 Å². The molecule has 1 fully saturated rings. The molecule has 1 aliphatic rings. The summed E-state index contributed by atoms with van der Waals surface area (Å²) in [6.45, 7) is 1.75. The van der Waals surface area contributed by atoms with Crippen molar-refractivity contribution in [3.05, 3.63) is 70.2 Å². The molecule has 0 aromatic heterocycles. The molecule has 1 saturated carbocycles. The average molecular weight is 336 g/mol. The van der Waals surface area contributed by atoms with E-state index in [1.807, 2.05) is 12.1 Å².